The van der Waals surface area contributed by atoms with Crippen LogP contribution in [0.1, 0.15) is 46.0 Å². The molecule has 1 aliphatic carbocycles. The number of nitrogens with one attached hydrogen (secondary N) is 1. The van der Waals surface area contributed by atoms with Crippen LogP contribution in [0.3, 0.4) is 0 Å². The van der Waals surface area contributed by atoms with Crippen LogP contribution >= 0.6 is 23.2 Å². The summed E-state index contributed by atoms with van der Waals surface area (Å²) in [6.45, 7) is 5.43. The lowest BCUT2D eigenvalue weighted by Crippen LogP contribution is -2.29. The van der Waals surface area contributed by atoms with Gasteiger partial charge in [-0.25, -0.2) is 0 Å². The number of aromatic nitrogens is 3. The van der Waals surface area contributed by atoms with E-state index in [1.54, 1.807) is 0 Å². The minimum absolute atomic E-state index is 0.131. The zero-order chi connectivity index (χ0) is 13.9. The van der Waals surface area contributed by atoms with Gasteiger partial charge in [0.25, 0.3) is 0 Å². The minimum Gasteiger partial charge on any atom is -0.353 e. The van der Waals surface area contributed by atoms with Crippen molar-refractivity contribution < 1.29 is 0 Å². The number of anilines is 1. The summed E-state index contributed by atoms with van der Waals surface area (Å²) in [5.74, 6) is 1.17. The minimum atomic E-state index is 0.131. The SMILES string of the molecule is CC(C)CC1(CNc2nc(Cl)nc(Cl)n2)CCCC1. The number of nitrogens with zero attached hydrogens (tertiary/aromatic N) is 3. The topological polar surface area (TPSA) is 50.7 Å². The molecule has 1 aromatic heterocycles. The van der Waals surface area contributed by atoms with Crippen LogP contribution in [0.4, 0.5) is 5.95 Å². The second-order valence-corrected chi connectivity index (χ2v) is 6.53. The molecule has 1 aliphatic rings. The maximum Gasteiger partial charge on any atom is 0.228 e. The summed E-state index contributed by atoms with van der Waals surface area (Å²) in [5, 5.41) is 3.55. The predicted molar refractivity (Wildman–Crippen MR) is 78.7 cm³/mol. The number of rotatable bonds is 5. The largest absolute Gasteiger partial charge is 0.353 e. The molecular weight excluding hydrogens is 283 g/mol. The molecule has 19 heavy (non-hydrogen) atoms. The van der Waals surface area contributed by atoms with Crippen LogP contribution < -0.4 is 5.32 Å². The summed E-state index contributed by atoms with van der Waals surface area (Å²) in [7, 11) is 0. The molecule has 0 atom stereocenters. The molecule has 0 spiro atoms. The van der Waals surface area contributed by atoms with Crippen LogP contribution in [-0.4, -0.2) is 21.5 Å². The molecule has 6 heteroatoms. The van der Waals surface area contributed by atoms with Crippen molar-refractivity contribution in [1.29, 1.82) is 0 Å². The van der Waals surface area contributed by atoms with E-state index in [4.69, 9.17) is 23.2 Å². The molecule has 0 bridgehead atoms. The van der Waals surface area contributed by atoms with Gasteiger partial charge in [0.05, 0.1) is 0 Å². The Labute approximate surface area is 124 Å². The lowest BCUT2D eigenvalue weighted by molar-refractivity contribution is 0.252. The van der Waals surface area contributed by atoms with Gasteiger partial charge in [-0.3, -0.25) is 0 Å². The third-order valence-electron chi connectivity index (χ3n) is 3.71. The molecule has 0 unspecified atom stereocenters. The first-order chi connectivity index (χ1) is 8.99. The van der Waals surface area contributed by atoms with Crippen molar-refractivity contribution in [3.05, 3.63) is 10.6 Å². The smallest absolute Gasteiger partial charge is 0.228 e. The third-order valence-corrected chi connectivity index (χ3v) is 4.05. The molecule has 1 saturated carbocycles. The first-order valence-corrected chi connectivity index (χ1v) is 7.56. The van der Waals surface area contributed by atoms with Crippen molar-refractivity contribution in [3.63, 3.8) is 0 Å². The van der Waals surface area contributed by atoms with Gasteiger partial charge in [-0.15, -0.1) is 0 Å². The normalized spacial score (nSPS) is 17.9. The molecule has 1 N–H and O–H groups in total. The van der Waals surface area contributed by atoms with Gasteiger partial charge in [-0.2, -0.15) is 15.0 Å². The second-order valence-electron chi connectivity index (χ2n) is 5.86. The zero-order valence-corrected chi connectivity index (χ0v) is 12.9. The van der Waals surface area contributed by atoms with E-state index in [1.807, 2.05) is 0 Å². The van der Waals surface area contributed by atoms with E-state index in [0.29, 0.717) is 17.3 Å². The summed E-state index contributed by atoms with van der Waals surface area (Å²) in [6.07, 6.45) is 6.39. The van der Waals surface area contributed by atoms with Gasteiger partial charge in [0.2, 0.25) is 16.5 Å². The van der Waals surface area contributed by atoms with E-state index in [-0.39, 0.29) is 10.6 Å². The van der Waals surface area contributed by atoms with Gasteiger partial charge in [-0.05, 0) is 53.8 Å². The molecule has 0 saturated heterocycles. The van der Waals surface area contributed by atoms with E-state index < -0.39 is 0 Å². The summed E-state index contributed by atoms with van der Waals surface area (Å²) in [6, 6.07) is 0. The standard InChI is InChI=1S/C13H20Cl2N4/c1-9(2)7-13(5-3-4-6-13)8-16-12-18-10(14)17-11(15)19-12/h9H,3-8H2,1-2H3,(H,16,17,18,19). The van der Waals surface area contributed by atoms with Crippen LogP contribution in [0.2, 0.25) is 10.6 Å². The van der Waals surface area contributed by atoms with E-state index in [9.17, 15) is 0 Å². The first kappa shape index (κ1) is 14.8. The molecule has 106 valence electrons. The lowest BCUT2D eigenvalue weighted by Gasteiger charge is -2.31. The van der Waals surface area contributed by atoms with Gasteiger partial charge < -0.3 is 5.32 Å². The fourth-order valence-corrected chi connectivity index (χ4v) is 3.48. The average Bonchev–Trinajstić information content (AvgIpc) is 2.73. The van der Waals surface area contributed by atoms with Gasteiger partial charge >= 0.3 is 0 Å². The summed E-state index contributed by atoms with van der Waals surface area (Å²) < 4.78 is 0. The van der Waals surface area contributed by atoms with Crippen molar-refractivity contribution in [2.24, 2.45) is 11.3 Å². The quantitative estimate of drug-likeness (QED) is 0.886. The summed E-state index contributed by atoms with van der Waals surface area (Å²) in [5.41, 5.74) is 0.361. The molecule has 1 aromatic rings. The molecule has 0 aliphatic heterocycles. The van der Waals surface area contributed by atoms with E-state index in [0.717, 1.165) is 6.54 Å². The van der Waals surface area contributed by atoms with Gasteiger partial charge in [0.15, 0.2) is 0 Å². The van der Waals surface area contributed by atoms with Crippen LogP contribution in [0.5, 0.6) is 0 Å². The van der Waals surface area contributed by atoms with Crippen LogP contribution in [0, 0.1) is 11.3 Å². The van der Waals surface area contributed by atoms with Gasteiger partial charge in [0, 0.05) is 6.54 Å². The van der Waals surface area contributed by atoms with Crippen LogP contribution in [0.25, 0.3) is 0 Å². The highest BCUT2D eigenvalue weighted by Gasteiger charge is 2.34. The molecule has 0 aromatic carbocycles. The highest BCUT2D eigenvalue weighted by molar-refractivity contribution is 6.31. The van der Waals surface area contributed by atoms with Crippen molar-refractivity contribution >= 4 is 29.2 Å². The van der Waals surface area contributed by atoms with Crippen LogP contribution in [0.15, 0.2) is 0 Å². The van der Waals surface area contributed by atoms with Gasteiger partial charge in [-0.1, -0.05) is 26.7 Å². The van der Waals surface area contributed by atoms with Crippen molar-refractivity contribution in [1.82, 2.24) is 15.0 Å². The molecule has 4 nitrogen and oxygen atoms in total. The number of hydrogen-bond acceptors (Lipinski definition) is 4. The zero-order valence-electron chi connectivity index (χ0n) is 11.4. The monoisotopic (exact) mass is 302 g/mol. The Morgan fingerprint density at radius 2 is 1.68 bits per heavy atom. The average molecular weight is 303 g/mol. The predicted octanol–water partition coefficient (Wildman–Crippen LogP) is 4.20. The molecule has 1 fully saturated rings. The molecule has 0 amide bonds. The van der Waals surface area contributed by atoms with E-state index in [2.05, 4.69) is 34.1 Å². The summed E-state index contributed by atoms with van der Waals surface area (Å²) >= 11 is 11.6. The Bertz CT molecular complexity index is 410. The van der Waals surface area contributed by atoms with Crippen molar-refractivity contribution in [3.8, 4) is 0 Å². The van der Waals surface area contributed by atoms with Crippen LogP contribution in [-0.2, 0) is 0 Å². The molecule has 2 rings (SSSR count). The Kier molecular flexibility index (Phi) is 4.85. The number of halogens is 2. The van der Waals surface area contributed by atoms with Crippen molar-refractivity contribution in [2.75, 3.05) is 11.9 Å². The van der Waals surface area contributed by atoms with Gasteiger partial charge in [0.1, 0.15) is 0 Å². The highest BCUT2D eigenvalue weighted by Crippen LogP contribution is 2.43. The molecule has 1 heterocycles. The Hall–Kier alpha value is -0.610. The molecular formula is C13H20Cl2N4. The second kappa shape index (κ2) is 6.23. The van der Waals surface area contributed by atoms with E-state index in [1.165, 1.54) is 32.1 Å². The Morgan fingerprint density at radius 3 is 2.21 bits per heavy atom. The lowest BCUT2D eigenvalue weighted by atomic mass is 9.78. The number of hydrogen-bond donors (Lipinski definition) is 1. The maximum atomic E-state index is 5.78. The van der Waals surface area contributed by atoms with Crippen molar-refractivity contribution in [2.45, 2.75) is 46.0 Å². The van der Waals surface area contributed by atoms with E-state index >= 15 is 0 Å². The highest BCUT2D eigenvalue weighted by atomic mass is 35.5. The third kappa shape index (κ3) is 4.18. The Balaban J connectivity index is 2.02. The fraction of sp³-hybridized carbons (Fsp3) is 0.769. The maximum absolute atomic E-state index is 5.78. The Morgan fingerprint density at radius 1 is 1.11 bits per heavy atom. The fourth-order valence-electron chi connectivity index (χ4n) is 3.12. The first-order valence-electron chi connectivity index (χ1n) is 6.80. The summed E-state index contributed by atoms with van der Waals surface area (Å²) in [4.78, 5) is 11.9. The molecule has 0 radical (unpaired) electrons.